The van der Waals surface area contributed by atoms with Crippen molar-refractivity contribution in [1.82, 2.24) is 0 Å². The molecule has 1 atom stereocenters. The molecule has 0 aliphatic carbocycles. The molecule has 0 amide bonds. The number of rotatable bonds is 3. The zero-order chi connectivity index (χ0) is 14.0. The van der Waals surface area contributed by atoms with Crippen molar-refractivity contribution in [3.63, 3.8) is 0 Å². The summed E-state index contributed by atoms with van der Waals surface area (Å²) >= 11 is 19.2. The van der Waals surface area contributed by atoms with E-state index < -0.39 is 11.7 Å². The van der Waals surface area contributed by atoms with Crippen LogP contribution in [0.2, 0.25) is 15.1 Å². The number of nitriles is 1. The third-order valence-electron chi connectivity index (χ3n) is 2.52. The molecule has 19 heavy (non-hydrogen) atoms. The van der Waals surface area contributed by atoms with Crippen molar-refractivity contribution in [3.8, 4) is 6.07 Å². The Hall–Kier alpha value is -1.05. The Labute approximate surface area is 129 Å². The summed E-state index contributed by atoms with van der Waals surface area (Å²) in [5.41, 5.74) is 0.322. The monoisotopic (exact) mass is 329 g/mol. The highest BCUT2D eigenvalue weighted by Gasteiger charge is 2.28. The molecule has 0 N–H and O–H groups in total. The summed E-state index contributed by atoms with van der Waals surface area (Å²) in [7, 11) is 0. The number of nitrogens with zero attached hydrogens (tertiary/aromatic N) is 1. The summed E-state index contributed by atoms with van der Waals surface area (Å²) in [5, 5.41) is 11.9. The van der Waals surface area contributed by atoms with Crippen molar-refractivity contribution in [2.45, 2.75) is 5.92 Å². The van der Waals surface area contributed by atoms with E-state index in [4.69, 9.17) is 34.8 Å². The molecule has 1 aromatic heterocycles. The van der Waals surface area contributed by atoms with Crippen LogP contribution in [0.15, 0.2) is 29.6 Å². The van der Waals surface area contributed by atoms with Gasteiger partial charge in [0, 0.05) is 15.6 Å². The van der Waals surface area contributed by atoms with E-state index in [0.29, 0.717) is 25.5 Å². The van der Waals surface area contributed by atoms with Crippen LogP contribution in [0.1, 0.15) is 21.2 Å². The van der Waals surface area contributed by atoms with Crippen molar-refractivity contribution < 1.29 is 4.79 Å². The maximum absolute atomic E-state index is 12.3. The van der Waals surface area contributed by atoms with Gasteiger partial charge in [-0.05, 0) is 23.6 Å². The van der Waals surface area contributed by atoms with Gasteiger partial charge in [-0.25, -0.2) is 0 Å². The second kappa shape index (κ2) is 5.94. The SMILES string of the molecule is N#CC(C(=O)c1sccc1Cl)c1c(Cl)cccc1Cl. The van der Waals surface area contributed by atoms with Gasteiger partial charge in [0.1, 0.15) is 5.92 Å². The Bertz CT molecular complexity index is 655. The molecule has 0 aliphatic heterocycles. The van der Waals surface area contributed by atoms with Gasteiger partial charge in [0.15, 0.2) is 5.78 Å². The van der Waals surface area contributed by atoms with Crippen LogP contribution in [0.3, 0.4) is 0 Å². The van der Waals surface area contributed by atoms with Crippen molar-refractivity contribution in [2.24, 2.45) is 0 Å². The predicted molar refractivity (Wildman–Crippen MR) is 78.5 cm³/mol. The quantitative estimate of drug-likeness (QED) is 0.726. The summed E-state index contributed by atoms with van der Waals surface area (Å²) in [5.74, 6) is -1.45. The average molecular weight is 331 g/mol. The molecule has 6 heteroatoms. The van der Waals surface area contributed by atoms with Gasteiger partial charge >= 0.3 is 0 Å². The maximum Gasteiger partial charge on any atom is 0.195 e. The topological polar surface area (TPSA) is 40.9 Å². The van der Waals surface area contributed by atoms with Crippen LogP contribution in [-0.4, -0.2) is 5.78 Å². The molecule has 1 aromatic carbocycles. The highest BCUT2D eigenvalue weighted by atomic mass is 35.5. The number of hydrogen-bond donors (Lipinski definition) is 0. The first-order chi connectivity index (χ1) is 9.06. The van der Waals surface area contributed by atoms with Crippen LogP contribution in [0.4, 0.5) is 0 Å². The third-order valence-corrected chi connectivity index (χ3v) is 4.54. The molecule has 0 saturated carbocycles. The van der Waals surface area contributed by atoms with Crippen LogP contribution in [0.25, 0.3) is 0 Å². The number of hydrogen-bond acceptors (Lipinski definition) is 3. The number of carbonyl (C=O) groups excluding carboxylic acids is 1. The Morgan fingerprint density at radius 2 is 1.79 bits per heavy atom. The first kappa shape index (κ1) is 14.4. The molecule has 1 heterocycles. The zero-order valence-electron chi connectivity index (χ0n) is 9.36. The van der Waals surface area contributed by atoms with Gasteiger partial charge in [-0.1, -0.05) is 40.9 Å². The van der Waals surface area contributed by atoms with E-state index in [0.717, 1.165) is 0 Å². The van der Waals surface area contributed by atoms with Crippen LogP contribution in [-0.2, 0) is 0 Å². The number of benzene rings is 1. The molecule has 1 unspecified atom stereocenters. The molecule has 0 bridgehead atoms. The van der Waals surface area contributed by atoms with E-state index in [9.17, 15) is 10.1 Å². The summed E-state index contributed by atoms with van der Waals surface area (Å²) in [6, 6.07) is 8.40. The van der Waals surface area contributed by atoms with Crippen molar-refractivity contribution in [1.29, 1.82) is 5.26 Å². The Morgan fingerprint density at radius 3 is 2.26 bits per heavy atom. The fourth-order valence-corrected chi connectivity index (χ4v) is 3.38. The molecular formula is C13H6Cl3NOS. The zero-order valence-corrected chi connectivity index (χ0v) is 12.4. The van der Waals surface area contributed by atoms with E-state index in [1.807, 2.05) is 6.07 Å². The minimum atomic E-state index is -1.06. The summed E-state index contributed by atoms with van der Waals surface area (Å²) in [6.45, 7) is 0. The van der Waals surface area contributed by atoms with E-state index in [2.05, 4.69) is 0 Å². The van der Waals surface area contributed by atoms with E-state index in [1.165, 1.54) is 11.3 Å². The lowest BCUT2D eigenvalue weighted by atomic mass is 9.95. The predicted octanol–water partition coefficient (Wildman–Crippen LogP) is 5.20. The van der Waals surface area contributed by atoms with Gasteiger partial charge in [-0.15, -0.1) is 11.3 Å². The lowest BCUT2D eigenvalue weighted by molar-refractivity contribution is 0.0983. The highest BCUT2D eigenvalue weighted by molar-refractivity contribution is 7.12. The maximum atomic E-state index is 12.3. The minimum absolute atomic E-state index is 0.292. The fourth-order valence-electron chi connectivity index (χ4n) is 1.64. The highest BCUT2D eigenvalue weighted by Crippen LogP contribution is 2.35. The molecule has 0 radical (unpaired) electrons. The normalized spacial score (nSPS) is 11.9. The number of Topliss-reactive ketones (excluding diaryl/α,β-unsaturated/α-hetero) is 1. The Kier molecular flexibility index (Phi) is 4.49. The largest absolute Gasteiger partial charge is 0.291 e. The Balaban J connectivity index is 2.50. The molecule has 2 nitrogen and oxygen atoms in total. The van der Waals surface area contributed by atoms with Crippen LogP contribution in [0, 0.1) is 11.3 Å². The minimum Gasteiger partial charge on any atom is -0.291 e. The van der Waals surface area contributed by atoms with E-state index in [-0.39, 0.29) is 0 Å². The van der Waals surface area contributed by atoms with Crippen molar-refractivity contribution >= 4 is 51.9 Å². The smallest absolute Gasteiger partial charge is 0.195 e. The van der Waals surface area contributed by atoms with Gasteiger partial charge in [0.25, 0.3) is 0 Å². The summed E-state index contributed by atoms with van der Waals surface area (Å²) in [4.78, 5) is 12.7. The Morgan fingerprint density at radius 1 is 1.16 bits per heavy atom. The van der Waals surface area contributed by atoms with Crippen molar-refractivity contribution in [3.05, 3.63) is 55.2 Å². The third kappa shape index (κ3) is 2.77. The molecule has 0 aliphatic rings. The van der Waals surface area contributed by atoms with Gasteiger partial charge in [-0.3, -0.25) is 4.79 Å². The number of carbonyl (C=O) groups is 1. The number of thiophene rings is 1. The van der Waals surface area contributed by atoms with Crippen LogP contribution < -0.4 is 0 Å². The molecular weight excluding hydrogens is 325 g/mol. The lowest BCUT2D eigenvalue weighted by Gasteiger charge is -2.11. The lowest BCUT2D eigenvalue weighted by Crippen LogP contribution is -2.11. The van der Waals surface area contributed by atoms with Gasteiger partial charge < -0.3 is 0 Å². The van der Waals surface area contributed by atoms with Crippen LogP contribution in [0.5, 0.6) is 0 Å². The molecule has 96 valence electrons. The second-order valence-electron chi connectivity index (χ2n) is 3.66. The molecule has 2 aromatic rings. The standard InChI is InChI=1S/C13H6Cl3NOS/c14-8-2-1-3-9(15)11(8)7(6-17)12(18)13-10(16)4-5-19-13/h1-5,7H. The fraction of sp³-hybridized carbons (Fsp3) is 0.0769. The van der Waals surface area contributed by atoms with E-state index in [1.54, 1.807) is 29.6 Å². The molecule has 0 saturated heterocycles. The first-order valence-electron chi connectivity index (χ1n) is 5.17. The summed E-state index contributed by atoms with van der Waals surface area (Å²) in [6.07, 6.45) is 0. The number of ketones is 1. The van der Waals surface area contributed by atoms with Crippen molar-refractivity contribution in [2.75, 3.05) is 0 Å². The van der Waals surface area contributed by atoms with Gasteiger partial charge in [-0.2, -0.15) is 5.26 Å². The number of halogens is 3. The molecule has 0 spiro atoms. The van der Waals surface area contributed by atoms with Gasteiger partial charge in [0.2, 0.25) is 0 Å². The van der Waals surface area contributed by atoms with Gasteiger partial charge in [0.05, 0.1) is 16.0 Å². The second-order valence-corrected chi connectivity index (χ2v) is 5.80. The molecule has 0 fully saturated rings. The summed E-state index contributed by atoms with van der Waals surface area (Å²) < 4.78 is 0. The molecule has 2 rings (SSSR count). The first-order valence-corrected chi connectivity index (χ1v) is 7.18. The van der Waals surface area contributed by atoms with Crippen LogP contribution >= 0.6 is 46.1 Å². The van der Waals surface area contributed by atoms with E-state index >= 15 is 0 Å². The average Bonchev–Trinajstić information content (AvgIpc) is 2.79.